The van der Waals surface area contributed by atoms with Gasteiger partial charge in [-0.25, -0.2) is 9.80 Å². The molecular formula is C22H25N3O5. The van der Waals surface area contributed by atoms with E-state index in [4.69, 9.17) is 14.6 Å². The van der Waals surface area contributed by atoms with Crippen molar-refractivity contribution in [3.05, 3.63) is 53.6 Å². The van der Waals surface area contributed by atoms with Crippen LogP contribution in [0.2, 0.25) is 0 Å². The van der Waals surface area contributed by atoms with Crippen LogP contribution in [0, 0.1) is 0 Å². The number of benzene rings is 2. The summed E-state index contributed by atoms with van der Waals surface area (Å²) in [6.45, 7) is 0. The average molecular weight is 411 g/mol. The number of ether oxygens (including phenoxy) is 2. The first kappa shape index (κ1) is 21.2. The molecule has 0 unspecified atom stereocenters. The van der Waals surface area contributed by atoms with Crippen molar-refractivity contribution in [2.24, 2.45) is 5.10 Å². The summed E-state index contributed by atoms with van der Waals surface area (Å²) < 4.78 is 11.5. The Labute approximate surface area is 175 Å². The van der Waals surface area contributed by atoms with Crippen LogP contribution in [0.15, 0.2) is 47.6 Å². The van der Waals surface area contributed by atoms with Crippen LogP contribution >= 0.6 is 0 Å². The standard InChI is InChI=1S/C22H25N3O5/c1-25(21(26)16-8-10-17(11-9-16)24-22(27)28)23-14-15-7-12-19(29-2)20(13-15)30-18-5-3-4-6-18/h7-14,18,24H,3-6H2,1-2H3,(H,27,28). The Morgan fingerprint density at radius 2 is 1.83 bits per heavy atom. The number of hydrazone groups is 1. The van der Waals surface area contributed by atoms with Gasteiger partial charge in [0, 0.05) is 18.3 Å². The highest BCUT2D eigenvalue weighted by molar-refractivity contribution is 5.95. The molecule has 0 bridgehead atoms. The van der Waals surface area contributed by atoms with Crippen molar-refractivity contribution < 1.29 is 24.2 Å². The monoisotopic (exact) mass is 411 g/mol. The quantitative estimate of drug-likeness (QED) is 0.525. The molecule has 8 heteroatoms. The zero-order valence-electron chi connectivity index (χ0n) is 17.0. The number of hydrogen-bond donors (Lipinski definition) is 2. The number of nitrogens with zero attached hydrogens (tertiary/aromatic N) is 2. The van der Waals surface area contributed by atoms with Crippen LogP contribution in [0.1, 0.15) is 41.6 Å². The third kappa shape index (κ3) is 5.50. The van der Waals surface area contributed by atoms with Crippen LogP contribution in [0.4, 0.5) is 10.5 Å². The minimum Gasteiger partial charge on any atom is -0.493 e. The maximum absolute atomic E-state index is 12.5. The minimum atomic E-state index is -1.16. The summed E-state index contributed by atoms with van der Waals surface area (Å²) in [4.78, 5) is 23.2. The molecule has 2 aromatic rings. The number of rotatable bonds is 7. The smallest absolute Gasteiger partial charge is 0.409 e. The summed E-state index contributed by atoms with van der Waals surface area (Å²) in [5, 5.41) is 16.4. The molecule has 1 saturated carbocycles. The van der Waals surface area contributed by atoms with E-state index < -0.39 is 6.09 Å². The van der Waals surface area contributed by atoms with Crippen LogP contribution in [0.5, 0.6) is 11.5 Å². The first-order chi connectivity index (χ1) is 14.5. The number of anilines is 1. The molecule has 2 amide bonds. The summed E-state index contributed by atoms with van der Waals surface area (Å²) in [6, 6.07) is 11.6. The first-order valence-electron chi connectivity index (χ1n) is 9.73. The molecule has 0 aromatic heterocycles. The summed E-state index contributed by atoms with van der Waals surface area (Å²) >= 11 is 0. The van der Waals surface area contributed by atoms with Crippen molar-refractivity contribution in [2.75, 3.05) is 19.5 Å². The van der Waals surface area contributed by atoms with Gasteiger partial charge in [0.1, 0.15) is 0 Å². The minimum absolute atomic E-state index is 0.203. The van der Waals surface area contributed by atoms with Crippen molar-refractivity contribution in [2.45, 2.75) is 31.8 Å². The van der Waals surface area contributed by atoms with Crippen LogP contribution < -0.4 is 14.8 Å². The first-order valence-corrected chi connectivity index (χ1v) is 9.73. The summed E-state index contributed by atoms with van der Waals surface area (Å²) in [5.41, 5.74) is 1.56. The number of hydrogen-bond acceptors (Lipinski definition) is 5. The predicted octanol–water partition coefficient (Wildman–Crippen LogP) is 4.21. The molecule has 3 rings (SSSR count). The average Bonchev–Trinajstić information content (AvgIpc) is 3.25. The highest BCUT2D eigenvalue weighted by Gasteiger charge is 2.18. The van der Waals surface area contributed by atoms with E-state index in [1.54, 1.807) is 32.5 Å². The predicted molar refractivity (Wildman–Crippen MR) is 114 cm³/mol. The van der Waals surface area contributed by atoms with Gasteiger partial charge in [-0.3, -0.25) is 10.1 Å². The Kier molecular flexibility index (Phi) is 6.90. The fourth-order valence-electron chi connectivity index (χ4n) is 3.26. The van der Waals surface area contributed by atoms with Gasteiger partial charge in [-0.2, -0.15) is 5.10 Å². The lowest BCUT2D eigenvalue weighted by molar-refractivity contribution is 0.0800. The highest BCUT2D eigenvalue weighted by atomic mass is 16.5. The number of nitrogens with one attached hydrogen (secondary N) is 1. The molecule has 8 nitrogen and oxygen atoms in total. The zero-order chi connectivity index (χ0) is 21.5. The molecular weight excluding hydrogens is 386 g/mol. The number of methoxy groups -OCH3 is 1. The Bertz CT molecular complexity index is 921. The third-order valence-corrected chi connectivity index (χ3v) is 4.84. The van der Waals surface area contributed by atoms with Gasteiger partial charge in [0.15, 0.2) is 11.5 Å². The van der Waals surface area contributed by atoms with Gasteiger partial charge in [0.05, 0.1) is 19.4 Å². The van der Waals surface area contributed by atoms with E-state index in [0.717, 1.165) is 18.4 Å². The number of carboxylic acid groups (broad SMARTS) is 1. The topological polar surface area (TPSA) is 100 Å². The van der Waals surface area contributed by atoms with Crippen molar-refractivity contribution in [3.8, 4) is 11.5 Å². The lowest BCUT2D eigenvalue weighted by Gasteiger charge is -2.16. The van der Waals surface area contributed by atoms with Crippen molar-refractivity contribution in [3.63, 3.8) is 0 Å². The molecule has 1 fully saturated rings. The molecule has 0 radical (unpaired) electrons. The highest BCUT2D eigenvalue weighted by Crippen LogP contribution is 2.32. The van der Waals surface area contributed by atoms with Gasteiger partial charge in [-0.15, -0.1) is 0 Å². The lowest BCUT2D eigenvalue weighted by Crippen LogP contribution is -2.21. The Balaban J connectivity index is 1.67. The summed E-state index contributed by atoms with van der Waals surface area (Å²) in [7, 11) is 3.16. The fraction of sp³-hybridized carbons (Fsp3) is 0.318. The van der Waals surface area contributed by atoms with Crippen molar-refractivity contribution >= 4 is 23.9 Å². The molecule has 2 N–H and O–H groups in total. The molecule has 1 aliphatic carbocycles. The van der Waals surface area contributed by atoms with E-state index in [2.05, 4.69) is 10.4 Å². The molecule has 0 atom stereocenters. The maximum atomic E-state index is 12.5. The van der Waals surface area contributed by atoms with E-state index in [-0.39, 0.29) is 12.0 Å². The summed E-state index contributed by atoms with van der Waals surface area (Å²) in [6.07, 6.45) is 5.06. The molecule has 0 spiro atoms. The normalized spacial score (nSPS) is 13.9. The van der Waals surface area contributed by atoms with Crippen LogP contribution in [-0.4, -0.2) is 48.6 Å². The zero-order valence-corrected chi connectivity index (χ0v) is 17.0. The van der Waals surface area contributed by atoms with Gasteiger partial charge in [-0.05, 0) is 73.7 Å². The Hall–Kier alpha value is -3.55. The SMILES string of the molecule is COc1ccc(C=NN(C)C(=O)c2ccc(NC(=O)O)cc2)cc1OC1CCCC1. The second kappa shape index (κ2) is 9.78. The van der Waals surface area contributed by atoms with E-state index in [1.165, 1.54) is 30.0 Å². The molecule has 0 saturated heterocycles. The molecule has 2 aromatic carbocycles. The van der Waals surface area contributed by atoms with E-state index in [1.807, 2.05) is 18.2 Å². The Morgan fingerprint density at radius 1 is 1.13 bits per heavy atom. The van der Waals surface area contributed by atoms with Crippen molar-refractivity contribution in [1.82, 2.24) is 5.01 Å². The van der Waals surface area contributed by atoms with Gasteiger partial charge >= 0.3 is 6.09 Å². The van der Waals surface area contributed by atoms with Crippen LogP contribution in [0.3, 0.4) is 0 Å². The molecule has 30 heavy (non-hydrogen) atoms. The number of carbonyl (C=O) groups excluding carboxylic acids is 1. The van der Waals surface area contributed by atoms with Gasteiger partial charge in [0.25, 0.3) is 5.91 Å². The molecule has 1 aliphatic rings. The molecule has 0 heterocycles. The van der Waals surface area contributed by atoms with Crippen LogP contribution in [0.25, 0.3) is 0 Å². The molecule has 0 aliphatic heterocycles. The van der Waals surface area contributed by atoms with Crippen molar-refractivity contribution in [1.29, 1.82) is 0 Å². The third-order valence-electron chi connectivity index (χ3n) is 4.84. The maximum Gasteiger partial charge on any atom is 0.409 e. The fourth-order valence-corrected chi connectivity index (χ4v) is 3.26. The van der Waals surface area contributed by atoms with Crippen LogP contribution in [-0.2, 0) is 0 Å². The van der Waals surface area contributed by atoms with E-state index >= 15 is 0 Å². The van der Waals surface area contributed by atoms with Gasteiger partial charge in [-0.1, -0.05) is 0 Å². The Morgan fingerprint density at radius 3 is 2.47 bits per heavy atom. The molecule has 158 valence electrons. The second-order valence-electron chi connectivity index (χ2n) is 7.02. The lowest BCUT2D eigenvalue weighted by atomic mass is 10.2. The second-order valence-corrected chi connectivity index (χ2v) is 7.02. The summed E-state index contributed by atoms with van der Waals surface area (Å²) in [5.74, 6) is 1.02. The van der Waals surface area contributed by atoms with Gasteiger partial charge in [0.2, 0.25) is 0 Å². The van der Waals surface area contributed by atoms with E-state index in [0.29, 0.717) is 22.7 Å². The number of amides is 2. The number of carbonyl (C=O) groups is 2. The van der Waals surface area contributed by atoms with Gasteiger partial charge < -0.3 is 14.6 Å². The largest absolute Gasteiger partial charge is 0.493 e. The van der Waals surface area contributed by atoms with E-state index in [9.17, 15) is 9.59 Å².